The van der Waals surface area contributed by atoms with Gasteiger partial charge in [-0.25, -0.2) is 8.78 Å². The van der Waals surface area contributed by atoms with E-state index >= 15 is 0 Å². The summed E-state index contributed by atoms with van der Waals surface area (Å²) in [7, 11) is 0. The van der Waals surface area contributed by atoms with Gasteiger partial charge in [0.2, 0.25) is 0 Å². The van der Waals surface area contributed by atoms with Crippen LogP contribution in [0.25, 0.3) is 0 Å². The number of pyridine rings is 1. The van der Waals surface area contributed by atoms with Crippen LogP contribution in [-0.4, -0.2) is 4.98 Å². The quantitative estimate of drug-likeness (QED) is 0.735. The molecule has 0 spiro atoms. The summed E-state index contributed by atoms with van der Waals surface area (Å²) in [4.78, 5) is 3.89. The van der Waals surface area contributed by atoms with Gasteiger partial charge in [-0.3, -0.25) is 4.98 Å². The minimum atomic E-state index is -0.655. The van der Waals surface area contributed by atoms with E-state index in [-0.39, 0.29) is 16.6 Å². The summed E-state index contributed by atoms with van der Waals surface area (Å²) >= 11 is 6.23. The number of aromatic nitrogens is 1. The largest absolute Gasteiger partial charge is 0.487 e. The summed E-state index contributed by atoms with van der Waals surface area (Å²) in [6.07, 6.45) is 3.06. The van der Waals surface area contributed by atoms with Gasteiger partial charge in [0.15, 0.2) is 0 Å². The Bertz CT molecular complexity index is 578. The lowest BCUT2D eigenvalue weighted by Crippen LogP contribution is -2.02. The maximum Gasteiger partial charge on any atom is 0.146 e. The standard InChI is InChI=1S/C12H7Br2F2NO/c13-7-3-8(5-17-4-7)18-6-9-11(15)2-1-10(14)12(9)16/h1-5H,6H2. The van der Waals surface area contributed by atoms with Crippen LogP contribution in [0.5, 0.6) is 5.75 Å². The number of rotatable bonds is 3. The minimum Gasteiger partial charge on any atom is -0.487 e. The first kappa shape index (κ1) is 13.4. The van der Waals surface area contributed by atoms with Crippen molar-refractivity contribution in [1.82, 2.24) is 4.98 Å². The Kier molecular flexibility index (Phi) is 4.29. The molecule has 0 fully saturated rings. The lowest BCUT2D eigenvalue weighted by molar-refractivity contribution is 0.291. The van der Waals surface area contributed by atoms with Crippen molar-refractivity contribution in [2.45, 2.75) is 6.61 Å². The van der Waals surface area contributed by atoms with Crippen LogP contribution in [0, 0.1) is 11.6 Å². The summed E-state index contributed by atoms with van der Waals surface area (Å²) in [5, 5.41) is 0. The topological polar surface area (TPSA) is 22.1 Å². The van der Waals surface area contributed by atoms with Gasteiger partial charge in [-0.05, 0) is 50.1 Å². The van der Waals surface area contributed by atoms with Gasteiger partial charge >= 0.3 is 0 Å². The molecule has 0 aliphatic rings. The fourth-order valence-corrected chi connectivity index (χ4v) is 2.04. The SMILES string of the molecule is Fc1ccc(Br)c(F)c1COc1cncc(Br)c1. The van der Waals surface area contributed by atoms with Crippen LogP contribution in [0.4, 0.5) is 8.78 Å². The summed E-state index contributed by atoms with van der Waals surface area (Å²) in [6, 6.07) is 4.17. The number of hydrogen-bond acceptors (Lipinski definition) is 2. The van der Waals surface area contributed by atoms with E-state index in [0.29, 0.717) is 5.75 Å². The first-order valence-corrected chi connectivity index (χ1v) is 6.52. The molecule has 6 heteroatoms. The van der Waals surface area contributed by atoms with Crippen molar-refractivity contribution >= 4 is 31.9 Å². The monoisotopic (exact) mass is 377 g/mol. The van der Waals surface area contributed by atoms with Crippen molar-refractivity contribution < 1.29 is 13.5 Å². The lowest BCUT2D eigenvalue weighted by Gasteiger charge is -2.09. The summed E-state index contributed by atoms with van der Waals surface area (Å²) < 4.78 is 33.3. The molecule has 0 unspecified atom stereocenters. The van der Waals surface area contributed by atoms with Crippen LogP contribution in [-0.2, 0) is 6.61 Å². The number of hydrogen-bond donors (Lipinski definition) is 0. The van der Waals surface area contributed by atoms with E-state index in [1.807, 2.05) is 0 Å². The molecule has 2 aromatic rings. The third-order valence-electron chi connectivity index (χ3n) is 2.20. The highest BCUT2D eigenvalue weighted by molar-refractivity contribution is 9.10. The second-order valence-corrected chi connectivity index (χ2v) is 5.22. The first-order valence-electron chi connectivity index (χ1n) is 4.93. The molecule has 0 bridgehead atoms. The molecule has 1 aromatic heterocycles. The van der Waals surface area contributed by atoms with Crippen molar-refractivity contribution in [3.05, 3.63) is 56.7 Å². The number of halogens is 4. The normalized spacial score (nSPS) is 10.4. The number of benzene rings is 1. The van der Waals surface area contributed by atoms with Crippen LogP contribution in [0.15, 0.2) is 39.5 Å². The molecule has 0 aliphatic heterocycles. The van der Waals surface area contributed by atoms with Crippen LogP contribution in [0.1, 0.15) is 5.56 Å². The Hall–Kier alpha value is -1.01. The van der Waals surface area contributed by atoms with E-state index in [0.717, 1.165) is 4.47 Å². The highest BCUT2D eigenvalue weighted by Gasteiger charge is 2.13. The number of ether oxygens (including phenoxy) is 1. The zero-order chi connectivity index (χ0) is 13.1. The van der Waals surface area contributed by atoms with Crippen molar-refractivity contribution in [1.29, 1.82) is 0 Å². The smallest absolute Gasteiger partial charge is 0.146 e. The van der Waals surface area contributed by atoms with Crippen molar-refractivity contribution in [2.75, 3.05) is 0 Å². The van der Waals surface area contributed by atoms with Gasteiger partial charge in [0.25, 0.3) is 0 Å². The third kappa shape index (κ3) is 3.05. The summed E-state index contributed by atoms with van der Waals surface area (Å²) in [5.74, 6) is -0.861. The molecular weight excluding hydrogens is 372 g/mol. The van der Waals surface area contributed by atoms with Crippen molar-refractivity contribution in [3.63, 3.8) is 0 Å². The maximum absolute atomic E-state index is 13.7. The Morgan fingerprint density at radius 3 is 2.67 bits per heavy atom. The summed E-state index contributed by atoms with van der Waals surface area (Å²) in [5.41, 5.74) is -0.121. The van der Waals surface area contributed by atoms with Crippen molar-refractivity contribution in [2.24, 2.45) is 0 Å². The van der Waals surface area contributed by atoms with Gasteiger partial charge in [-0.1, -0.05) is 0 Å². The fraction of sp³-hybridized carbons (Fsp3) is 0.0833. The molecule has 0 atom stereocenters. The second-order valence-electron chi connectivity index (χ2n) is 3.45. The van der Waals surface area contributed by atoms with Crippen LogP contribution < -0.4 is 4.74 Å². The Labute approximate surface area is 119 Å². The molecule has 94 valence electrons. The van der Waals surface area contributed by atoms with E-state index < -0.39 is 11.6 Å². The lowest BCUT2D eigenvalue weighted by atomic mass is 10.2. The number of nitrogens with zero attached hydrogens (tertiary/aromatic N) is 1. The fourth-order valence-electron chi connectivity index (χ4n) is 1.33. The van der Waals surface area contributed by atoms with E-state index in [1.54, 1.807) is 12.3 Å². The molecule has 18 heavy (non-hydrogen) atoms. The van der Waals surface area contributed by atoms with Crippen LogP contribution in [0.3, 0.4) is 0 Å². The molecule has 0 radical (unpaired) electrons. The maximum atomic E-state index is 13.7. The molecule has 0 N–H and O–H groups in total. The highest BCUT2D eigenvalue weighted by Crippen LogP contribution is 2.23. The van der Waals surface area contributed by atoms with Gasteiger partial charge in [-0.2, -0.15) is 0 Å². The third-order valence-corrected chi connectivity index (χ3v) is 3.25. The second kappa shape index (κ2) is 5.75. The molecular formula is C12H7Br2F2NO. The molecule has 2 nitrogen and oxygen atoms in total. The van der Waals surface area contributed by atoms with Crippen LogP contribution >= 0.6 is 31.9 Å². The van der Waals surface area contributed by atoms with Gasteiger partial charge < -0.3 is 4.74 Å². The molecule has 0 saturated heterocycles. The van der Waals surface area contributed by atoms with E-state index in [9.17, 15) is 8.78 Å². The molecule has 2 rings (SSSR count). The van der Waals surface area contributed by atoms with E-state index in [1.165, 1.54) is 18.3 Å². The Balaban J connectivity index is 2.18. The molecule has 0 saturated carbocycles. The average Bonchev–Trinajstić information content (AvgIpc) is 2.34. The van der Waals surface area contributed by atoms with Crippen molar-refractivity contribution in [3.8, 4) is 5.75 Å². The van der Waals surface area contributed by atoms with E-state index in [2.05, 4.69) is 36.8 Å². The minimum absolute atomic E-state index is 0.121. The predicted molar refractivity (Wildman–Crippen MR) is 70.3 cm³/mol. The van der Waals surface area contributed by atoms with Gasteiger partial charge in [0, 0.05) is 10.7 Å². The summed E-state index contributed by atoms with van der Waals surface area (Å²) in [6.45, 7) is -0.199. The molecule has 1 aromatic carbocycles. The average molecular weight is 379 g/mol. The Morgan fingerprint density at radius 1 is 1.17 bits per heavy atom. The zero-order valence-electron chi connectivity index (χ0n) is 8.96. The van der Waals surface area contributed by atoms with Gasteiger partial charge in [0.1, 0.15) is 24.0 Å². The predicted octanol–water partition coefficient (Wildman–Crippen LogP) is 4.46. The Morgan fingerprint density at radius 2 is 1.94 bits per heavy atom. The molecule has 1 heterocycles. The highest BCUT2D eigenvalue weighted by atomic mass is 79.9. The van der Waals surface area contributed by atoms with Gasteiger partial charge in [0.05, 0.1) is 16.2 Å². The molecule has 0 aliphatic carbocycles. The molecule has 0 amide bonds. The van der Waals surface area contributed by atoms with E-state index in [4.69, 9.17) is 4.74 Å². The zero-order valence-corrected chi connectivity index (χ0v) is 12.1. The van der Waals surface area contributed by atoms with Gasteiger partial charge in [-0.15, -0.1) is 0 Å². The first-order chi connectivity index (χ1) is 8.58. The van der Waals surface area contributed by atoms with Crippen LogP contribution in [0.2, 0.25) is 0 Å².